The first kappa shape index (κ1) is 21.3. The van der Waals surface area contributed by atoms with Gasteiger partial charge in [-0.25, -0.2) is 4.79 Å². The van der Waals surface area contributed by atoms with E-state index in [0.717, 1.165) is 0 Å². The SMILES string of the molecule is C[C@H](Oc1ccccc1C#N)C(=O)NCC(C)(C)NC(=O)OC(C)(C)C. The van der Waals surface area contributed by atoms with Gasteiger partial charge in [0.15, 0.2) is 6.10 Å². The minimum Gasteiger partial charge on any atom is -0.480 e. The van der Waals surface area contributed by atoms with Crippen LogP contribution in [0.2, 0.25) is 0 Å². The lowest BCUT2D eigenvalue weighted by Crippen LogP contribution is -2.53. The maximum atomic E-state index is 12.2. The van der Waals surface area contributed by atoms with Crippen molar-refractivity contribution in [3.63, 3.8) is 0 Å². The van der Waals surface area contributed by atoms with Crippen molar-refractivity contribution in [1.82, 2.24) is 10.6 Å². The van der Waals surface area contributed by atoms with Crippen LogP contribution in [-0.4, -0.2) is 35.8 Å². The molecule has 0 bridgehead atoms. The Morgan fingerprint density at radius 3 is 2.38 bits per heavy atom. The molecule has 1 rings (SSSR count). The fraction of sp³-hybridized carbons (Fsp3) is 0.526. The molecule has 1 aromatic rings. The fourth-order valence-corrected chi connectivity index (χ4v) is 1.98. The minimum absolute atomic E-state index is 0.193. The lowest BCUT2D eigenvalue weighted by Gasteiger charge is -2.29. The van der Waals surface area contributed by atoms with Gasteiger partial charge in [-0.3, -0.25) is 4.79 Å². The largest absolute Gasteiger partial charge is 0.480 e. The summed E-state index contributed by atoms with van der Waals surface area (Å²) in [6.45, 7) is 10.7. The Hall–Kier alpha value is -2.75. The number of rotatable bonds is 6. The lowest BCUT2D eigenvalue weighted by molar-refractivity contribution is -0.127. The first-order valence-electron chi connectivity index (χ1n) is 8.38. The van der Waals surface area contributed by atoms with Crippen LogP contribution in [0.1, 0.15) is 47.1 Å². The number of nitriles is 1. The fourth-order valence-electron chi connectivity index (χ4n) is 1.98. The molecule has 0 saturated heterocycles. The Labute approximate surface area is 154 Å². The highest BCUT2D eigenvalue weighted by Crippen LogP contribution is 2.18. The van der Waals surface area contributed by atoms with Gasteiger partial charge in [-0.05, 0) is 53.7 Å². The van der Waals surface area contributed by atoms with E-state index in [-0.39, 0.29) is 12.5 Å². The predicted octanol–water partition coefficient (Wildman–Crippen LogP) is 2.75. The first-order valence-corrected chi connectivity index (χ1v) is 8.38. The average molecular weight is 361 g/mol. The third-order valence-electron chi connectivity index (χ3n) is 3.22. The number of alkyl carbamates (subject to hydrolysis) is 1. The molecule has 0 fully saturated rings. The van der Waals surface area contributed by atoms with E-state index in [1.807, 2.05) is 6.07 Å². The molecule has 7 nitrogen and oxygen atoms in total. The predicted molar refractivity (Wildman–Crippen MR) is 97.7 cm³/mol. The Bertz CT molecular complexity index is 687. The topological polar surface area (TPSA) is 100 Å². The number of hydrogen-bond donors (Lipinski definition) is 2. The number of carbonyl (C=O) groups excluding carboxylic acids is 2. The van der Waals surface area contributed by atoms with Crippen molar-refractivity contribution in [1.29, 1.82) is 5.26 Å². The van der Waals surface area contributed by atoms with Gasteiger partial charge in [-0.15, -0.1) is 0 Å². The zero-order chi connectivity index (χ0) is 20.0. The van der Waals surface area contributed by atoms with Crippen molar-refractivity contribution in [3.05, 3.63) is 29.8 Å². The van der Waals surface area contributed by atoms with Gasteiger partial charge in [0.2, 0.25) is 0 Å². The summed E-state index contributed by atoms with van der Waals surface area (Å²) in [7, 11) is 0. The highest BCUT2D eigenvalue weighted by Gasteiger charge is 2.26. The quantitative estimate of drug-likeness (QED) is 0.811. The molecule has 0 aliphatic carbocycles. The van der Waals surface area contributed by atoms with E-state index in [9.17, 15) is 9.59 Å². The van der Waals surface area contributed by atoms with Crippen LogP contribution < -0.4 is 15.4 Å². The highest BCUT2D eigenvalue weighted by molar-refractivity contribution is 5.81. The van der Waals surface area contributed by atoms with Crippen LogP contribution in [0, 0.1) is 11.3 Å². The number of para-hydroxylation sites is 1. The van der Waals surface area contributed by atoms with E-state index >= 15 is 0 Å². The lowest BCUT2D eigenvalue weighted by atomic mass is 10.1. The normalized spacial score (nSPS) is 12.5. The summed E-state index contributed by atoms with van der Waals surface area (Å²) < 4.78 is 10.8. The van der Waals surface area contributed by atoms with E-state index in [1.165, 1.54) is 0 Å². The molecule has 0 heterocycles. The molecular weight excluding hydrogens is 334 g/mol. The number of hydrogen-bond acceptors (Lipinski definition) is 5. The highest BCUT2D eigenvalue weighted by atomic mass is 16.6. The number of amides is 2. The molecule has 0 aliphatic heterocycles. The second-order valence-electron chi connectivity index (χ2n) is 7.60. The minimum atomic E-state index is -0.790. The average Bonchev–Trinajstić information content (AvgIpc) is 2.50. The second kappa shape index (κ2) is 8.56. The number of nitrogens with one attached hydrogen (secondary N) is 2. The summed E-state index contributed by atoms with van der Waals surface area (Å²) in [5.74, 6) is 0.000553. The van der Waals surface area contributed by atoms with Crippen molar-refractivity contribution in [2.24, 2.45) is 0 Å². The maximum absolute atomic E-state index is 12.2. The zero-order valence-electron chi connectivity index (χ0n) is 16.2. The maximum Gasteiger partial charge on any atom is 0.408 e. The summed E-state index contributed by atoms with van der Waals surface area (Å²) >= 11 is 0. The van der Waals surface area contributed by atoms with Crippen molar-refractivity contribution in [2.75, 3.05) is 6.54 Å². The van der Waals surface area contributed by atoms with Crippen LogP contribution in [0.5, 0.6) is 5.75 Å². The van der Waals surface area contributed by atoms with Crippen LogP contribution in [0.3, 0.4) is 0 Å². The molecule has 26 heavy (non-hydrogen) atoms. The van der Waals surface area contributed by atoms with Gasteiger partial charge in [0.25, 0.3) is 5.91 Å². The van der Waals surface area contributed by atoms with E-state index in [1.54, 1.807) is 65.8 Å². The van der Waals surface area contributed by atoms with Gasteiger partial charge < -0.3 is 20.1 Å². The zero-order valence-corrected chi connectivity index (χ0v) is 16.2. The summed E-state index contributed by atoms with van der Waals surface area (Å²) in [5, 5.41) is 14.5. The van der Waals surface area contributed by atoms with Gasteiger partial charge in [-0.2, -0.15) is 5.26 Å². The Balaban J connectivity index is 2.56. The van der Waals surface area contributed by atoms with Crippen LogP contribution in [0.4, 0.5) is 4.79 Å². The number of carbonyl (C=O) groups is 2. The molecule has 2 amide bonds. The Kier molecular flexibility index (Phi) is 7.01. The van der Waals surface area contributed by atoms with Gasteiger partial charge >= 0.3 is 6.09 Å². The number of benzene rings is 1. The summed E-state index contributed by atoms with van der Waals surface area (Å²) in [4.78, 5) is 24.1. The molecule has 0 spiro atoms. The van der Waals surface area contributed by atoms with Gasteiger partial charge in [0.05, 0.1) is 11.1 Å². The third-order valence-corrected chi connectivity index (χ3v) is 3.22. The summed E-state index contributed by atoms with van der Waals surface area (Å²) in [6, 6.07) is 8.73. The van der Waals surface area contributed by atoms with Gasteiger partial charge in [0, 0.05) is 6.54 Å². The van der Waals surface area contributed by atoms with Gasteiger partial charge in [-0.1, -0.05) is 12.1 Å². The van der Waals surface area contributed by atoms with Crippen LogP contribution in [0.15, 0.2) is 24.3 Å². The van der Waals surface area contributed by atoms with Crippen LogP contribution in [-0.2, 0) is 9.53 Å². The molecule has 0 radical (unpaired) electrons. The Morgan fingerprint density at radius 2 is 1.81 bits per heavy atom. The standard InChI is InChI=1S/C19H27N3O4/c1-13(25-15-10-8-7-9-14(15)11-20)16(23)21-12-19(5,6)22-17(24)26-18(2,3)4/h7-10,13H,12H2,1-6H3,(H,21,23)(H,22,24)/t13-/m0/s1. The van der Waals surface area contributed by atoms with Crippen LogP contribution in [0.25, 0.3) is 0 Å². The first-order chi connectivity index (χ1) is 11.9. The number of ether oxygens (including phenoxy) is 2. The van der Waals surface area contributed by atoms with Crippen molar-refractivity contribution < 1.29 is 19.1 Å². The molecule has 1 atom stereocenters. The summed E-state index contributed by atoms with van der Waals surface area (Å²) in [5.41, 5.74) is -0.943. The molecule has 0 saturated carbocycles. The van der Waals surface area contributed by atoms with E-state index < -0.39 is 23.3 Å². The van der Waals surface area contributed by atoms with E-state index in [4.69, 9.17) is 14.7 Å². The smallest absolute Gasteiger partial charge is 0.408 e. The molecule has 0 aromatic heterocycles. The van der Waals surface area contributed by atoms with Gasteiger partial charge in [0.1, 0.15) is 17.4 Å². The van der Waals surface area contributed by atoms with Crippen molar-refractivity contribution in [3.8, 4) is 11.8 Å². The Morgan fingerprint density at radius 1 is 1.19 bits per heavy atom. The van der Waals surface area contributed by atoms with E-state index in [2.05, 4.69) is 10.6 Å². The molecule has 1 aromatic carbocycles. The molecule has 0 aliphatic rings. The van der Waals surface area contributed by atoms with E-state index in [0.29, 0.717) is 11.3 Å². The van der Waals surface area contributed by atoms with Crippen molar-refractivity contribution in [2.45, 2.75) is 58.8 Å². The monoisotopic (exact) mass is 361 g/mol. The second-order valence-corrected chi connectivity index (χ2v) is 7.60. The molecule has 0 unspecified atom stereocenters. The number of nitrogens with zero attached hydrogens (tertiary/aromatic N) is 1. The summed E-state index contributed by atoms with van der Waals surface area (Å²) in [6.07, 6.45) is -1.34. The molecule has 2 N–H and O–H groups in total. The van der Waals surface area contributed by atoms with Crippen molar-refractivity contribution >= 4 is 12.0 Å². The van der Waals surface area contributed by atoms with Crippen LogP contribution >= 0.6 is 0 Å². The molecular formula is C19H27N3O4. The molecule has 142 valence electrons. The molecule has 7 heteroatoms. The third kappa shape index (κ3) is 7.43.